The van der Waals surface area contributed by atoms with Crippen molar-refractivity contribution in [2.75, 3.05) is 6.54 Å². The van der Waals surface area contributed by atoms with E-state index >= 15 is 0 Å². The van der Waals surface area contributed by atoms with Gasteiger partial charge in [-0.15, -0.1) is 24.0 Å². The molecule has 0 aromatic rings. The third-order valence-electron chi connectivity index (χ3n) is 2.08. The first kappa shape index (κ1) is 18.8. The number of hydrogen-bond acceptors (Lipinski definition) is 2. The number of nitrogens with two attached hydrogens (primary N) is 1. The van der Waals surface area contributed by atoms with Gasteiger partial charge in [-0.25, -0.2) is 0 Å². The summed E-state index contributed by atoms with van der Waals surface area (Å²) in [7, 11) is 0. The number of carbonyl (C=O) groups excluding carboxylic acids is 1. The monoisotopic (exact) mass is 356 g/mol. The van der Waals surface area contributed by atoms with E-state index in [9.17, 15) is 4.79 Å². The maximum absolute atomic E-state index is 11.3. The number of aliphatic imine (C=N–C) groups is 1. The molecule has 0 saturated carbocycles. The average molecular weight is 356 g/mol. The van der Waals surface area contributed by atoms with E-state index in [1.165, 1.54) is 0 Å². The molecule has 0 aliphatic rings. The Bertz CT molecular complexity index is 244. The van der Waals surface area contributed by atoms with Gasteiger partial charge in [0.1, 0.15) is 0 Å². The molecule has 0 spiro atoms. The van der Waals surface area contributed by atoms with Crippen molar-refractivity contribution in [1.82, 2.24) is 10.6 Å². The first-order valence-electron chi connectivity index (χ1n) is 5.81. The highest BCUT2D eigenvalue weighted by molar-refractivity contribution is 14.0. The fraction of sp³-hybridized carbons (Fsp3) is 0.818. The minimum Gasteiger partial charge on any atom is -0.370 e. The molecule has 6 heteroatoms. The zero-order valence-corrected chi connectivity index (χ0v) is 13.4. The summed E-state index contributed by atoms with van der Waals surface area (Å²) in [5, 5.41) is 5.84. The van der Waals surface area contributed by atoms with Crippen molar-refractivity contribution in [3.63, 3.8) is 0 Å². The zero-order valence-electron chi connectivity index (χ0n) is 11.1. The van der Waals surface area contributed by atoms with E-state index in [1.807, 2.05) is 20.8 Å². The molecule has 0 bridgehead atoms. The van der Waals surface area contributed by atoms with Crippen LogP contribution in [-0.2, 0) is 4.79 Å². The van der Waals surface area contributed by atoms with Gasteiger partial charge in [-0.05, 0) is 27.2 Å². The highest BCUT2D eigenvalue weighted by Gasteiger charge is 2.02. The molecule has 0 rings (SSSR count). The molecule has 102 valence electrons. The highest BCUT2D eigenvalue weighted by Crippen LogP contribution is 1.88. The largest absolute Gasteiger partial charge is 0.370 e. The third kappa shape index (κ3) is 11.7. The van der Waals surface area contributed by atoms with Crippen LogP contribution in [0.1, 0.15) is 40.5 Å². The molecular formula is C11H25IN4O. The smallest absolute Gasteiger partial charge is 0.222 e. The Morgan fingerprint density at radius 2 is 1.88 bits per heavy atom. The molecule has 0 fully saturated rings. The SMILES string of the molecule is CCC(C)NC(N)=NCCC(=O)NC(C)C.I. The summed E-state index contributed by atoms with van der Waals surface area (Å²) in [5.74, 6) is 0.418. The molecule has 0 aliphatic heterocycles. The van der Waals surface area contributed by atoms with Crippen LogP contribution in [0.4, 0.5) is 0 Å². The van der Waals surface area contributed by atoms with Gasteiger partial charge in [-0.2, -0.15) is 0 Å². The molecule has 1 amide bonds. The fourth-order valence-electron chi connectivity index (χ4n) is 1.07. The van der Waals surface area contributed by atoms with Crippen LogP contribution in [0.3, 0.4) is 0 Å². The molecule has 0 heterocycles. The lowest BCUT2D eigenvalue weighted by Crippen LogP contribution is -2.38. The minimum absolute atomic E-state index is 0. The molecular weight excluding hydrogens is 331 g/mol. The number of halogens is 1. The van der Waals surface area contributed by atoms with Gasteiger partial charge in [0.05, 0.1) is 6.54 Å². The molecule has 0 aromatic carbocycles. The van der Waals surface area contributed by atoms with Crippen molar-refractivity contribution in [3.8, 4) is 0 Å². The third-order valence-corrected chi connectivity index (χ3v) is 2.08. The summed E-state index contributed by atoms with van der Waals surface area (Å²) in [6.45, 7) is 8.39. The van der Waals surface area contributed by atoms with Crippen LogP contribution in [0, 0.1) is 0 Å². The van der Waals surface area contributed by atoms with E-state index in [0.717, 1.165) is 6.42 Å². The van der Waals surface area contributed by atoms with Crippen LogP contribution in [0.5, 0.6) is 0 Å². The maximum Gasteiger partial charge on any atom is 0.222 e. The van der Waals surface area contributed by atoms with Crippen LogP contribution >= 0.6 is 24.0 Å². The molecule has 0 aromatic heterocycles. The molecule has 0 aliphatic carbocycles. The van der Waals surface area contributed by atoms with Gasteiger partial charge in [0, 0.05) is 18.5 Å². The Labute approximate surface area is 121 Å². The van der Waals surface area contributed by atoms with E-state index in [-0.39, 0.29) is 35.9 Å². The van der Waals surface area contributed by atoms with Gasteiger partial charge in [-0.1, -0.05) is 6.92 Å². The lowest BCUT2D eigenvalue weighted by atomic mass is 10.3. The number of carbonyl (C=O) groups is 1. The van der Waals surface area contributed by atoms with Crippen molar-refractivity contribution >= 4 is 35.8 Å². The Hall–Kier alpha value is -0.530. The van der Waals surface area contributed by atoms with Gasteiger partial charge in [0.2, 0.25) is 5.91 Å². The molecule has 0 saturated heterocycles. The molecule has 1 unspecified atom stereocenters. The van der Waals surface area contributed by atoms with Crippen molar-refractivity contribution in [1.29, 1.82) is 0 Å². The summed E-state index contributed by atoms with van der Waals surface area (Å²) in [6.07, 6.45) is 1.37. The van der Waals surface area contributed by atoms with Gasteiger partial charge in [-0.3, -0.25) is 9.79 Å². The summed E-state index contributed by atoms with van der Waals surface area (Å²) in [5.41, 5.74) is 5.64. The Balaban J connectivity index is 0. The topological polar surface area (TPSA) is 79.5 Å². The summed E-state index contributed by atoms with van der Waals surface area (Å²) < 4.78 is 0. The minimum atomic E-state index is 0. The van der Waals surface area contributed by atoms with Crippen molar-refractivity contribution in [2.45, 2.75) is 52.6 Å². The summed E-state index contributed by atoms with van der Waals surface area (Å²) in [4.78, 5) is 15.4. The van der Waals surface area contributed by atoms with Gasteiger partial charge < -0.3 is 16.4 Å². The number of rotatable bonds is 6. The van der Waals surface area contributed by atoms with E-state index in [0.29, 0.717) is 25.0 Å². The van der Waals surface area contributed by atoms with Crippen LogP contribution in [0.15, 0.2) is 4.99 Å². The normalized spacial score (nSPS) is 12.9. The van der Waals surface area contributed by atoms with Gasteiger partial charge in [0.15, 0.2) is 5.96 Å². The van der Waals surface area contributed by atoms with Crippen molar-refractivity contribution in [3.05, 3.63) is 0 Å². The second-order valence-electron chi connectivity index (χ2n) is 4.19. The average Bonchev–Trinajstić information content (AvgIpc) is 2.16. The maximum atomic E-state index is 11.3. The number of guanidine groups is 1. The number of nitrogens with zero attached hydrogens (tertiary/aromatic N) is 1. The zero-order chi connectivity index (χ0) is 12.6. The Kier molecular flexibility index (Phi) is 11.8. The summed E-state index contributed by atoms with van der Waals surface area (Å²) in [6, 6.07) is 0.486. The van der Waals surface area contributed by atoms with E-state index in [4.69, 9.17) is 5.73 Å². The van der Waals surface area contributed by atoms with Crippen LogP contribution in [-0.4, -0.2) is 30.5 Å². The van der Waals surface area contributed by atoms with Crippen LogP contribution in [0.25, 0.3) is 0 Å². The molecule has 4 N–H and O–H groups in total. The van der Waals surface area contributed by atoms with Crippen molar-refractivity contribution in [2.24, 2.45) is 10.7 Å². The first-order valence-corrected chi connectivity index (χ1v) is 5.81. The lowest BCUT2D eigenvalue weighted by Gasteiger charge is -2.11. The number of hydrogen-bond donors (Lipinski definition) is 3. The molecule has 1 atom stereocenters. The summed E-state index contributed by atoms with van der Waals surface area (Å²) >= 11 is 0. The lowest BCUT2D eigenvalue weighted by molar-refractivity contribution is -0.121. The number of nitrogens with one attached hydrogen (secondary N) is 2. The standard InChI is InChI=1S/C11H24N4O.HI/c1-5-9(4)15-11(12)13-7-6-10(16)14-8(2)3;/h8-9H,5-7H2,1-4H3,(H,14,16)(H3,12,13,15);1H. The predicted octanol–water partition coefficient (Wildman–Crippen LogP) is 1.22. The highest BCUT2D eigenvalue weighted by atomic mass is 127. The molecule has 17 heavy (non-hydrogen) atoms. The molecule has 5 nitrogen and oxygen atoms in total. The molecule has 0 radical (unpaired) electrons. The second-order valence-corrected chi connectivity index (χ2v) is 4.19. The van der Waals surface area contributed by atoms with Gasteiger partial charge in [0.25, 0.3) is 0 Å². The van der Waals surface area contributed by atoms with Crippen molar-refractivity contribution < 1.29 is 4.79 Å². The van der Waals surface area contributed by atoms with Gasteiger partial charge >= 0.3 is 0 Å². The first-order chi connectivity index (χ1) is 7.45. The van der Waals surface area contributed by atoms with Crippen LogP contribution in [0.2, 0.25) is 0 Å². The fourth-order valence-corrected chi connectivity index (χ4v) is 1.07. The Morgan fingerprint density at radius 1 is 1.29 bits per heavy atom. The predicted molar refractivity (Wildman–Crippen MR) is 82.7 cm³/mol. The Morgan fingerprint density at radius 3 is 2.35 bits per heavy atom. The number of amides is 1. The second kappa shape index (κ2) is 10.6. The van der Waals surface area contributed by atoms with E-state index in [1.54, 1.807) is 0 Å². The van der Waals surface area contributed by atoms with E-state index < -0.39 is 0 Å². The quantitative estimate of drug-likeness (QED) is 0.380. The van der Waals surface area contributed by atoms with E-state index in [2.05, 4.69) is 22.5 Å². The van der Waals surface area contributed by atoms with Crippen LogP contribution < -0.4 is 16.4 Å².